The fourth-order valence-electron chi connectivity index (χ4n) is 4.94. The third-order valence-corrected chi connectivity index (χ3v) is 6.13. The van der Waals surface area contributed by atoms with Gasteiger partial charge in [-0.1, -0.05) is 19.1 Å². The lowest BCUT2D eigenvalue weighted by Crippen LogP contribution is -2.43. The monoisotopic (exact) mass is 386 g/mol. The van der Waals surface area contributed by atoms with E-state index in [9.17, 15) is 19.1 Å². The molecule has 4 rings (SSSR count). The lowest BCUT2D eigenvalue weighted by molar-refractivity contribution is -0.148. The van der Waals surface area contributed by atoms with Crippen LogP contribution in [0.3, 0.4) is 0 Å². The van der Waals surface area contributed by atoms with Crippen LogP contribution in [0, 0.1) is 17.7 Å². The number of fused-ring (bicyclic) bond motifs is 3. The molecule has 1 N–H and O–H groups in total. The first-order chi connectivity index (χ1) is 13.5. The number of methoxy groups -OCH3 is 1. The van der Waals surface area contributed by atoms with Gasteiger partial charge in [0.15, 0.2) is 0 Å². The normalized spacial score (nSPS) is 26.1. The number of aliphatic hydroxyl groups is 1. The summed E-state index contributed by atoms with van der Waals surface area (Å²) in [5.74, 6) is -1.13. The number of aliphatic hydroxyl groups excluding tert-OH is 1. The van der Waals surface area contributed by atoms with Crippen LogP contribution in [0.4, 0.5) is 4.39 Å². The second-order valence-corrected chi connectivity index (χ2v) is 7.35. The lowest BCUT2D eigenvalue weighted by atomic mass is 9.88. The summed E-state index contributed by atoms with van der Waals surface area (Å²) >= 11 is 0. The van der Waals surface area contributed by atoms with Gasteiger partial charge < -0.3 is 14.4 Å². The van der Waals surface area contributed by atoms with Crippen LogP contribution < -0.4 is 5.56 Å². The highest BCUT2D eigenvalue weighted by atomic mass is 19.1. The standard InChI is InChI=1S/C21H23FN2O4/c1-3-23-18-15(16(11-25)19(23)21(27)28-2)10-24-17(18)8-7-14(20(24)26)12-5-4-6-13(22)9-12/h4-9,15-16,18-19,25H,3,10-11H2,1-2H3/t15-,16-,18+,19-/m1/s1. The molecule has 0 unspecified atom stereocenters. The topological polar surface area (TPSA) is 71.8 Å². The van der Waals surface area contributed by atoms with E-state index in [0.717, 1.165) is 5.69 Å². The second kappa shape index (κ2) is 7.14. The van der Waals surface area contributed by atoms with Gasteiger partial charge in [-0.3, -0.25) is 14.5 Å². The number of hydrogen-bond acceptors (Lipinski definition) is 5. The first-order valence-electron chi connectivity index (χ1n) is 9.45. The van der Waals surface area contributed by atoms with Crippen molar-refractivity contribution in [3.63, 3.8) is 0 Å². The number of aromatic nitrogens is 1. The first-order valence-corrected chi connectivity index (χ1v) is 9.45. The number of carbonyl (C=O) groups excluding carboxylic acids is 1. The number of halogens is 1. The maximum absolute atomic E-state index is 13.6. The Hall–Kier alpha value is -2.51. The highest BCUT2D eigenvalue weighted by molar-refractivity contribution is 5.77. The molecule has 0 radical (unpaired) electrons. The van der Waals surface area contributed by atoms with Crippen LogP contribution >= 0.6 is 0 Å². The van der Waals surface area contributed by atoms with Crippen LogP contribution in [-0.4, -0.2) is 46.8 Å². The van der Waals surface area contributed by atoms with Crippen LogP contribution in [0.25, 0.3) is 11.1 Å². The third kappa shape index (κ3) is 2.69. The lowest BCUT2D eigenvalue weighted by Gasteiger charge is -2.28. The number of likely N-dealkylation sites (tertiary alicyclic amines) is 1. The molecule has 1 fully saturated rings. The van der Waals surface area contributed by atoms with E-state index in [4.69, 9.17) is 4.74 Å². The quantitative estimate of drug-likeness (QED) is 0.812. The molecule has 6 nitrogen and oxygen atoms in total. The van der Waals surface area contributed by atoms with Crippen LogP contribution in [0.1, 0.15) is 18.7 Å². The van der Waals surface area contributed by atoms with E-state index in [-0.39, 0.29) is 36.0 Å². The maximum atomic E-state index is 13.6. The minimum Gasteiger partial charge on any atom is -0.468 e. The summed E-state index contributed by atoms with van der Waals surface area (Å²) in [4.78, 5) is 27.5. The van der Waals surface area contributed by atoms with Crippen LogP contribution in [-0.2, 0) is 16.1 Å². The number of ether oxygens (including phenoxy) is 1. The van der Waals surface area contributed by atoms with Gasteiger partial charge in [-0.25, -0.2) is 4.39 Å². The molecule has 7 heteroatoms. The van der Waals surface area contributed by atoms with Gasteiger partial charge in [-0.15, -0.1) is 0 Å². The minimum absolute atomic E-state index is 0.0653. The van der Waals surface area contributed by atoms with Gasteiger partial charge in [0.25, 0.3) is 5.56 Å². The van der Waals surface area contributed by atoms with Crippen molar-refractivity contribution in [1.82, 2.24) is 9.47 Å². The molecule has 1 aromatic carbocycles. The van der Waals surface area contributed by atoms with Crippen molar-refractivity contribution in [3.8, 4) is 11.1 Å². The molecule has 0 aliphatic carbocycles. The molecule has 28 heavy (non-hydrogen) atoms. The molecular formula is C21H23FN2O4. The summed E-state index contributed by atoms with van der Waals surface area (Å²) in [5.41, 5.74) is 1.62. The highest BCUT2D eigenvalue weighted by Crippen LogP contribution is 2.49. The number of rotatable bonds is 4. The van der Waals surface area contributed by atoms with Crippen molar-refractivity contribution in [2.45, 2.75) is 25.6 Å². The van der Waals surface area contributed by atoms with E-state index in [1.807, 2.05) is 17.9 Å². The van der Waals surface area contributed by atoms with E-state index in [0.29, 0.717) is 24.2 Å². The predicted molar refractivity (Wildman–Crippen MR) is 101 cm³/mol. The highest BCUT2D eigenvalue weighted by Gasteiger charge is 2.55. The molecule has 148 valence electrons. The number of pyridine rings is 1. The first kappa shape index (κ1) is 18.8. The number of benzene rings is 1. The Morgan fingerprint density at radius 1 is 1.32 bits per heavy atom. The van der Waals surface area contributed by atoms with Gasteiger partial charge in [-0.2, -0.15) is 0 Å². The van der Waals surface area contributed by atoms with Crippen molar-refractivity contribution < 1.29 is 19.0 Å². The van der Waals surface area contributed by atoms with Gasteiger partial charge >= 0.3 is 5.97 Å². The number of esters is 1. The van der Waals surface area contributed by atoms with Crippen molar-refractivity contribution in [2.24, 2.45) is 11.8 Å². The van der Waals surface area contributed by atoms with Crippen molar-refractivity contribution in [3.05, 3.63) is 58.3 Å². The Balaban J connectivity index is 1.79. The van der Waals surface area contributed by atoms with Crippen LogP contribution in [0.5, 0.6) is 0 Å². The Labute approximate surface area is 162 Å². The average molecular weight is 386 g/mol. The average Bonchev–Trinajstić information content (AvgIpc) is 3.22. The van der Waals surface area contributed by atoms with Gasteiger partial charge in [0.05, 0.1) is 13.2 Å². The minimum atomic E-state index is -0.526. The van der Waals surface area contributed by atoms with Crippen molar-refractivity contribution >= 4 is 5.97 Å². The van der Waals surface area contributed by atoms with E-state index in [1.54, 1.807) is 22.8 Å². The van der Waals surface area contributed by atoms with Gasteiger partial charge in [0.1, 0.15) is 11.9 Å². The van der Waals surface area contributed by atoms with E-state index in [1.165, 1.54) is 19.2 Å². The Morgan fingerprint density at radius 2 is 2.11 bits per heavy atom. The summed E-state index contributed by atoms with van der Waals surface area (Å²) in [6.07, 6.45) is 0. The zero-order valence-corrected chi connectivity index (χ0v) is 15.8. The second-order valence-electron chi connectivity index (χ2n) is 7.35. The van der Waals surface area contributed by atoms with Crippen LogP contribution in [0.15, 0.2) is 41.2 Å². The molecule has 0 bridgehead atoms. The fourth-order valence-corrected chi connectivity index (χ4v) is 4.94. The number of likely N-dealkylation sites (N-methyl/N-ethyl adjacent to an activating group) is 1. The Kier molecular flexibility index (Phi) is 4.81. The van der Waals surface area contributed by atoms with Gasteiger partial charge in [0, 0.05) is 36.2 Å². The molecule has 0 amide bonds. The molecule has 2 aromatic rings. The third-order valence-electron chi connectivity index (χ3n) is 6.13. The van der Waals surface area contributed by atoms with E-state index in [2.05, 4.69) is 0 Å². The molecule has 2 aliphatic rings. The summed E-state index contributed by atoms with van der Waals surface area (Å²) in [7, 11) is 1.35. The number of hydrogen-bond donors (Lipinski definition) is 1. The summed E-state index contributed by atoms with van der Waals surface area (Å²) in [6, 6.07) is 8.92. The molecule has 0 saturated carbocycles. The zero-order valence-electron chi connectivity index (χ0n) is 15.8. The molecule has 3 heterocycles. The Morgan fingerprint density at radius 3 is 2.75 bits per heavy atom. The van der Waals surface area contributed by atoms with Crippen molar-refractivity contribution in [1.29, 1.82) is 0 Å². The van der Waals surface area contributed by atoms with E-state index >= 15 is 0 Å². The molecule has 4 atom stereocenters. The summed E-state index contributed by atoms with van der Waals surface area (Å²) in [5, 5.41) is 9.99. The van der Waals surface area contributed by atoms with Gasteiger partial charge in [0.2, 0.25) is 0 Å². The Bertz CT molecular complexity index is 973. The van der Waals surface area contributed by atoms with Crippen LogP contribution in [0.2, 0.25) is 0 Å². The summed E-state index contributed by atoms with van der Waals surface area (Å²) in [6.45, 7) is 2.81. The number of nitrogens with zero attached hydrogens (tertiary/aromatic N) is 2. The van der Waals surface area contributed by atoms with E-state index < -0.39 is 11.9 Å². The SMILES string of the molecule is CCN1[C@@H]2c3ccc(-c4cccc(F)c4)c(=O)n3C[C@@H]2[C@@H](CO)[C@@H]1C(=O)OC. The summed E-state index contributed by atoms with van der Waals surface area (Å²) < 4.78 is 20.3. The molecular weight excluding hydrogens is 363 g/mol. The molecule has 0 spiro atoms. The zero-order chi connectivity index (χ0) is 20.0. The van der Waals surface area contributed by atoms with Gasteiger partial charge in [-0.05, 0) is 36.4 Å². The predicted octanol–water partition coefficient (Wildman–Crippen LogP) is 1.81. The molecule has 2 aliphatic heterocycles. The molecule has 1 saturated heterocycles. The fraction of sp³-hybridized carbons (Fsp3) is 0.429. The smallest absolute Gasteiger partial charge is 0.323 e. The molecule has 1 aromatic heterocycles. The largest absolute Gasteiger partial charge is 0.468 e. The van der Waals surface area contributed by atoms with Crippen molar-refractivity contribution in [2.75, 3.05) is 20.3 Å². The number of carbonyl (C=O) groups is 1. The maximum Gasteiger partial charge on any atom is 0.323 e.